The Morgan fingerprint density at radius 3 is 2.89 bits per heavy atom. The highest BCUT2D eigenvalue weighted by Crippen LogP contribution is 2.37. The second-order valence-electron chi connectivity index (χ2n) is 7.78. The summed E-state index contributed by atoms with van der Waals surface area (Å²) in [5, 5.41) is 18.1. The van der Waals surface area contributed by atoms with Gasteiger partial charge >= 0.3 is 0 Å². The van der Waals surface area contributed by atoms with Crippen molar-refractivity contribution in [1.82, 2.24) is 30.7 Å². The number of aromatic nitrogens is 3. The molecule has 3 N–H and O–H groups in total. The Hall–Kier alpha value is -2.25. The van der Waals surface area contributed by atoms with Crippen LogP contribution >= 0.6 is 0 Å². The fourth-order valence-electron chi connectivity index (χ4n) is 4.23. The zero-order chi connectivity index (χ0) is 18.5. The summed E-state index contributed by atoms with van der Waals surface area (Å²) in [6.07, 6.45) is 5.89. The average molecular weight is 368 g/mol. The average Bonchev–Trinajstić information content (AvgIpc) is 3.33. The molecule has 1 spiro atoms. The lowest BCUT2D eigenvalue weighted by atomic mass is 9.77. The maximum absolute atomic E-state index is 12.6. The summed E-state index contributed by atoms with van der Waals surface area (Å²) in [6.45, 7) is 4.28. The molecular formula is C20H28N6O. The maximum Gasteiger partial charge on any atom is 0.237 e. The van der Waals surface area contributed by atoms with Crippen LogP contribution in [-0.2, 0) is 24.3 Å². The first-order valence-corrected chi connectivity index (χ1v) is 9.87. The van der Waals surface area contributed by atoms with E-state index in [0.29, 0.717) is 12.0 Å². The lowest BCUT2D eigenvalue weighted by Crippen LogP contribution is -2.40. The van der Waals surface area contributed by atoms with Gasteiger partial charge in [-0.3, -0.25) is 4.79 Å². The van der Waals surface area contributed by atoms with Gasteiger partial charge in [-0.05, 0) is 49.8 Å². The highest BCUT2D eigenvalue weighted by Gasteiger charge is 2.42. The Kier molecular flexibility index (Phi) is 5.50. The Bertz CT molecular complexity index is 753. The van der Waals surface area contributed by atoms with Crippen molar-refractivity contribution in [2.75, 3.05) is 19.6 Å². The predicted octanol–water partition coefficient (Wildman–Crippen LogP) is 0.869. The summed E-state index contributed by atoms with van der Waals surface area (Å²) in [4.78, 5) is 12.6. The highest BCUT2D eigenvalue weighted by atomic mass is 16.2. The van der Waals surface area contributed by atoms with Gasteiger partial charge < -0.3 is 20.5 Å². The summed E-state index contributed by atoms with van der Waals surface area (Å²) in [5.74, 6) is 0.872. The number of nitrogens with one attached hydrogen (secondary N) is 3. The van der Waals surface area contributed by atoms with Crippen LogP contribution in [0.4, 0.5) is 0 Å². The van der Waals surface area contributed by atoms with E-state index in [2.05, 4.69) is 38.3 Å². The van der Waals surface area contributed by atoms with E-state index in [1.807, 2.05) is 22.8 Å². The first-order chi connectivity index (χ1) is 13.2. The van der Waals surface area contributed by atoms with Gasteiger partial charge in [-0.15, -0.1) is 10.2 Å². The van der Waals surface area contributed by atoms with Gasteiger partial charge in [-0.1, -0.05) is 30.3 Å². The molecule has 1 aromatic heterocycles. The number of benzene rings is 1. The number of carbonyl (C=O) groups excluding carboxylic acids is 1. The first-order valence-electron chi connectivity index (χ1n) is 9.87. The molecule has 4 rings (SSSR count). The number of hydrogen-bond acceptors (Lipinski definition) is 5. The number of rotatable bonds is 6. The second kappa shape index (κ2) is 8.19. The van der Waals surface area contributed by atoms with Crippen molar-refractivity contribution in [2.45, 2.75) is 44.8 Å². The minimum absolute atomic E-state index is 0.0722. The zero-order valence-electron chi connectivity index (χ0n) is 15.7. The van der Waals surface area contributed by atoms with E-state index in [1.165, 1.54) is 5.56 Å². The van der Waals surface area contributed by atoms with Gasteiger partial charge in [0.15, 0.2) is 5.82 Å². The van der Waals surface area contributed by atoms with Crippen LogP contribution < -0.4 is 16.0 Å². The molecule has 0 bridgehead atoms. The third-order valence-electron chi connectivity index (χ3n) is 5.94. The topological polar surface area (TPSA) is 83.9 Å². The quantitative estimate of drug-likeness (QED) is 0.705. The molecule has 7 heteroatoms. The molecule has 0 radical (unpaired) electrons. The molecule has 2 saturated heterocycles. The minimum Gasteiger partial charge on any atom is -0.347 e. The van der Waals surface area contributed by atoms with E-state index in [1.54, 1.807) is 6.33 Å². The molecule has 1 aromatic carbocycles. The molecule has 1 atom stereocenters. The largest absolute Gasteiger partial charge is 0.347 e. The van der Waals surface area contributed by atoms with E-state index in [0.717, 1.165) is 57.7 Å². The van der Waals surface area contributed by atoms with Gasteiger partial charge in [-0.2, -0.15) is 0 Å². The number of nitrogens with zero attached hydrogens (tertiary/aromatic N) is 3. The van der Waals surface area contributed by atoms with E-state index in [9.17, 15) is 4.79 Å². The molecule has 7 nitrogen and oxygen atoms in total. The minimum atomic E-state index is -0.0937. The van der Waals surface area contributed by atoms with Crippen LogP contribution in [0.5, 0.6) is 0 Å². The maximum atomic E-state index is 12.6. The molecular weight excluding hydrogens is 340 g/mol. The molecule has 2 aromatic rings. The summed E-state index contributed by atoms with van der Waals surface area (Å²) < 4.78 is 2.02. The standard InChI is InChI=1S/C20H28N6O/c27-19(17-12-20(14-23-17)7-9-21-10-8-20)22-13-18-25-24-15-26(18)11-6-16-4-2-1-3-5-16/h1-5,15,17,21,23H,6-14H2,(H,22,27)/t17-/m0/s1. The molecule has 0 unspecified atom stereocenters. The SMILES string of the molecule is O=C(NCc1nncn1CCc1ccccc1)[C@@H]1CC2(CCNCC2)CN1. The smallest absolute Gasteiger partial charge is 0.237 e. The van der Waals surface area contributed by atoms with Gasteiger partial charge in [0, 0.05) is 13.1 Å². The van der Waals surface area contributed by atoms with Gasteiger partial charge in [0.1, 0.15) is 6.33 Å². The van der Waals surface area contributed by atoms with Gasteiger partial charge in [0.05, 0.1) is 12.6 Å². The Labute approximate surface area is 159 Å². The van der Waals surface area contributed by atoms with Gasteiger partial charge in [0.2, 0.25) is 5.91 Å². The van der Waals surface area contributed by atoms with E-state index in [-0.39, 0.29) is 11.9 Å². The number of aryl methyl sites for hydroxylation is 2. The third-order valence-corrected chi connectivity index (χ3v) is 5.94. The van der Waals surface area contributed by atoms with Crippen molar-refractivity contribution in [1.29, 1.82) is 0 Å². The van der Waals surface area contributed by atoms with Crippen molar-refractivity contribution in [3.63, 3.8) is 0 Å². The summed E-state index contributed by atoms with van der Waals surface area (Å²) in [5.41, 5.74) is 1.58. The molecule has 144 valence electrons. The van der Waals surface area contributed by atoms with E-state index < -0.39 is 0 Å². The number of hydrogen-bond donors (Lipinski definition) is 3. The fraction of sp³-hybridized carbons (Fsp3) is 0.550. The van der Waals surface area contributed by atoms with Crippen molar-refractivity contribution in [2.24, 2.45) is 5.41 Å². The summed E-state index contributed by atoms with van der Waals surface area (Å²) in [7, 11) is 0. The van der Waals surface area contributed by atoms with Crippen molar-refractivity contribution in [3.05, 3.63) is 48.0 Å². The molecule has 3 heterocycles. The highest BCUT2D eigenvalue weighted by molar-refractivity contribution is 5.82. The Morgan fingerprint density at radius 1 is 1.26 bits per heavy atom. The molecule has 0 aliphatic carbocycles. The van der Waals surface area contributed by atoms with Crippen LogP contribution in [-0.4, -0.2) is 46.3 Å². The monoisotopic (exact) mass is 368 g/mol. The second-order valence-corrected chi connectivity index (χ2v) is 7.78. The molecule has 2 aliphatic rings. The number of carbonyl (C=O) groups is 1. The molecule has 1 amide bonds. The van der Waals surface area contributed by atoms with Crippen LogP contribution in [0.15, 0.2) is 36.7 Å². The van der Waals surface area contributed by atoms with Crippen LogP contribution in [0.1, 0.15) is 30.7 Å². The van der Waals surface area contributed by atoms with Gasteiger partial charge in [-0.25, -0.2) is 0 Å². The predicted molar refractivity (Wildman–Crippen MR) is 103 cm³/mol. The Morgan fingerprint density at radius 2 is 2.07 bits per heavy atom. The summed E-state index contributed by atoms with van der Waals surface area (Å²) in [6, 6.07) is 10.3. The van der Waals surface area contributed by atoms with Crippen LogP contribution in [0.25, 0.3) is 0 Å². The van der Waals surface area contributed by atoms with E-state index in [4.69, 9.17) is 0 Å². The third kappa shape index (κ3) is 4.36. The number of amides is 1. The van der Waals surface area contributed by atoms with Crippen LogP contribution in [0, 0.1) is 5.41 Å². The molecule has 2 fully saturated rings. The van der Waals surface area contributed by atoms with Crippen molar-refractivity contribution < 1.29 is 4.79 Å². The van der Waals surface area contributed by atoms with Crippen LogP contribution in [0.3, 0.4) is 0 Å². The number of piperidine rings is 1. The van der Waals surface area contributed by atoms with E-state index >= 15 is 0 Å². The molecule has 0 saturated carbocycles. The lowest BCUT2D eigenvalue weighted by Gasteiger charge is -2.33. The zero-order valence-corrected chi connectivity index (χ0v) is 15.7. The normalized spacial score (nSPS) is 21.4. The molecule has 2 aliphatic heterocycles. The summed E-state index contributed by atoms with van der Waals surface area (Å²) >= 11 is 0. The first kappa shape index (κ1) is 18.1. The Balaban J connectivity index is 1.28. The van der Waals surface area contributed by atoms with Crippen LogP contribution in [0.2, 0.25) is 0 Å². The van der Waals surface area contributed by atoms with Gasteiger partial charge in [0.25, 0.3) is 0 Å². The van der Waals surface area contributed by atoms with Crippen molar-refractivity contribution >= 4 is 5.91 Å². The molecule has 27 heavy (non-hydrogen) atoms. The fourth-order valence-corrected chi connectivity index (χ4v) is 4.23. The lowest BCUT2D eigenvalue weighted by molar-refractivity contribution is -0.123. The van der Waals surface area contributed by atoms with Crippen molar-refractivity contribution in [3.8, 4) is 0 Å².